The first-order chi connectivity index (χ1) is 10.1. The summed E-state index contributed by atoms with van der Waals surface area (Å²) in [5.41, 5.74) is 2.02. The summed E-state index contributed by atoms with van der Waals surface area (Å²) < 4.78 is 0.913. The van der Waals surface area contributed by atoms with Gasteiger partial charge in [-0.2, -0.15) is 0 Å². The summed E-state index contributed by atoms with van der Waals surface area (Å²) in [6.07, 6.45) is 0. The molecule has 2 aromatic carbocycles. The number of alkyl halides is 1. The first kappa shape index (κ1) is 12.7. The van der Waals surface area contributed by atoms with Crippen molar-refractivity contribution in [1.29, 1.82) is 0 Å². The minimum absolute atomic E-state index is 0.0680. The molecular weight excluding hydrogens is 308 g/mol. The molecule has 0 atom stereocenters. The molecule has 2 N–H and O–H groups in total. The van der Waals surface area contributed by atoms with Gasteiger partial charge in [0.1, 0.15) is 11.5 Å². The lowest BCUT2D eigenvalue weighted by molar-refractivity contribution is 0.103. The first-order valence-corrected chi connectivity index (χ1v) is 7.69. The molecule has 1 aromatic heterocycles. The summed E-state index contributed by atoms with van der Waals surface area (Å²) in [6, 6.07) is 8.29. The van der Waals surface area contributed by atoms with Gasteiger partial charge in [-0.3, -0.25) is 4.79 Å². The van der Waals surface area contributed by atoms with Crippen molar-refractivity contribution in [3.05, 3.63) is 46.3 Å². The maximum Gasteiger partial charge on any atom is 0.201 e. The number of hydrogen-bond acceptors (Lipinski definition) is 4. The van der Waals surface area contributed by atoms with E-state index in [1.165, 1.54) is 23.5 Å². The number of carbonyl (C=O) groups excluding carboxylic acids is 1. The van der Waals surface area contributed by atoms with E-state index in [0.29, 0.717) is 11.4 Å². The van der Waals surface area contributed by atoms with E-state index in [1.54, 1.807) is 18.2 Å². The SMILES string of the molecule is O=C1c2c(O)cccc2-c2c(CCl)sc3ccc(O)c1c23. The Hall–Kier alpha value is -2.04. The topological polar surface area (TPSA) is 57.5 Å². The van der Waals surface area contributed by atoms with Crippen LogP contribution in [0.25, 0.3) is 21.2 Å². The van der Waals surface area contributed by atoms with Gasteiger partial charge < -0.3 is 10.2 Å². The summed E-state index contributed by atoms with van der Waals surface area (Å²) in [5, 5.41) is 20.9. The van der Waals surface area contributed by atoms with Crippen molar-refractivity contribution in [3.63, 3.8) is 0 Å². The highest BCUT2D eigenvalue weighted by atomic mass is 35.5. The second-order valence-corrected chi connectivity index (χ2v) is 6.30. The highest BCUT2D eigenvalue weighted by molar-refractivity contribution is 7.20. The summed E-state index contributed by atoms with van der Waals surface area (Å²) in [5.74, 6) is -0.177. The largest absolute Gasteiger partial charge is 0.507 e. The number of ketones is 1. The van der Waals surface area contributed by atoms with Gasteiger partial charge in [-0.05, 0) is 23.8 Å². The predicted molar refractivity (Wildman–Crippen MR) is 83.6 cm³/mol. The zero-order valence-electron chi connectivity index (χ0n) is 10.7. The van der Waals surface area contributed by atoms with Gasteiger partial charge in [0.2, 0.25) is 5.78 Å². The molecule has 0 fully saturated rings. The van der Waals surface area contributed by atoms with Crippen molar-refractivity contribution in [2.24, 2.45) is 0 Å². The molecule has 1 heterocycles. The zero-order chi connectivity index (χ0) is 14.7. The van der Waals surface area contributed by atoms with Gasteiger partial charge in [0.05, 0.1) is 17.0 Å². The minimum atomic E-state index is -0.349. The molecule has 21 heavy (non-hydrogen) atoms. The van der Waals surface area contributed by atoms with Crippen LogP contribution in [-0.4, -0.2) is 16.0 Å². The van der Waals surface area contributed by atoms with Gasteiger partial charge in [-0.25, -0.2) is 0 Å². The lowest BCUT2D eigenvalue weighted by atomic mass is 9.84. The van der Waals surface area contributed by atoms with Crippen molar-refractivity contribution >= 4 is 38.8 Å². The number of benzene rings is 2. The van der Waals surface area contributed by atoms with E-state index in [4.69, 9.17) is 11.6 Å². The van der Waals surface area contributed by atoms with Gasteiger partial charge in [-0.15, -0.1) is 22.9 Å². The van der Waals surface area contributed by atoms with Crippen LogP contribution in [0.1, 0.15) is 20.8 Å². The number of aromatic hydroxyl groups is 2. The Morgan fingerprint density at radius 3 is 2.52 bits per heavy atom. The third-order valence-electron chi connectivity index (χ3n) is 3.79. The molecule has 1 aliphatic carbocycles. The second kappa shape index (κ2) is 4.23. The fourth-order valence-electron chi connectivity index (χ4n) is 2.95. The van der Waals surface area contributed by atoms with Crippen molar-refractivity contribution < 1.29 is 15.0 Å². The number of phenols is 2. The Morgan fingerprint density at radius 1 is 1.00 bits per heavy atom. The summed E-state index contributed by atoms with van der Waals surface area (Å²) in [7, 11) is 0. The van der Waals surface area contributed by atoms with Crippen LogP contribution >= 0.6 is 22.9 Å². The number of hydrogen-bond donors (Lipinski definition) is 2. The molecule has 3 aromatic rings. The van der Waals surface area contributed by atoms with Crippen LogP contribution in [0.5, 0.6) is 11.5 Å². The molecule has 0 spiro atoms. The van der Waals surface area contributed by atoms with Crippen LogP contribution < -0.4 is 0 Å². The maximum absolute atomic E-state index is 12.7. The molecule has 104 valence electrons. The van der Waals surface area contributed by atoms with Crippen molar-refractivity contribution in [2.75, 3.05) is 0 Å². The van der Waals surface area contributed by atoms with E-state index in [-0.39, 0.29) is 28.4 Å². The van der Waals surface area contributed by atoms with Gasteiger partial charge in [0, 0.05) is 20.5 Å². The number of carbonyl (C=O) groups is 1. The zero-order valence-corrected chi connectivity index (χ0v) is 12.3. The minimum Gasteiger partial charge on any atom is -0.507 e. The van der Waals surface area contributed by atoms with Gasteiger partial charge in [0.15, 0.2) is 0 Å². The van der Waals surface area contributed by atoms with Gasteiger partial charge >= 0.3 is 0 Å². The standard InChI is InChI=1S/C16H9ClO3S/c17-6-11-13-7-2-1-3-8(18)12(7)16(20)14-9(19)4-5-10(21-11)15(13)14/h1-5,18-19H,6H2. The normalized spacial score (nSPS) is 12.7. The number of fused-ring (bicyclic) bond motifs is 2. The van der Waals surface area contributed by atoms with E-state index < -0.39 is 0 Å². The Balaban J connectivity index is 2.28. The number of thiophene rings is 1. The highest BCUT2D eigenvalue weighted by Gasteiger charge is 2.32. The van der Waals surface area contributed by atoms with E-state index >= 15 is 0 Å². The second-order valence-electron chi connectivity index (χ2n) is 4.90. The van der Waals surface area contributed by atoms with E-state index in [1.807, 2.05) is 0 Å². The van der Waals surface area contributed by atoms with Crippen LogP contribution in [0.15, 0.2) is 30.3 Å². The average Bonchev–Trinajstić information content (AvgIpc) is 2.84. The third kappa shape index (κ3) is 1.51. The summed E-state index contributed by atoms with van der Waals surface area (Å²) in [6.45, 7) is 0. The molecule has 0 unspecified atom stereocenters. The third-order valence-corrected chi connectivity index (χ3v) is 5.38. The van der Waals surface area contributed by atoms with E-state index in [2.05, 4.69) is 0 Å². The maximum atomic E-state index is 12.7. The number of phenolic OH excluding ortho intramolecular Hbond substituents is 2. The van der Waals surface area contributed by atoms with Gasteiger partial charge in [0.25, 0.3) is 0 Å². The summed E-state index contributed by atoms with van der Waals surface area (Å²) >= 11 is 7.55. The highest BCUT2D eigenvalue weighted by Crippen LogP contribution is 2.50. The van der Waals surface area contributed by atoms with Crippen molar-refractivity contribution in [3.8, 4) is 22.6 Å². The molecule has 1 aliphatic rings. The van der Waals surface area contributed by atoms with Gasteiger partial charge in [-0.1, -0.05) is 12.1 Å². The van der Waals surface area contributed by atoms with Crippen LogP contribution in [0.2, 0.25) is 0 Å². The van der Waals surface area contributed by atoms with Crippen molar-refractivity contribution in [2.45, 2.75) is 5.88 Å². The fourth-order valence-corrected chi connectivity index (χ4v) is 4.32. The number of rotatable bonds is 1. The predicted octanol–water partition coefficient (Wildman–Crippen LogP) is 4.26. The molecular formula is C16H9ClO3S. The Labute approximate surface area is 129 Å². The molecule has 0 saturated heterocycles. The van der Waals surface area contributed by atoms with E-state index in [0.717, 1.165) is 20.5 Å². The van der Waals surface area contributed by atoms with Crippen LogP contribution in [-0.2, 0) is 5.88 Å². The van der Waals surface area contributed by atoms with Crippen LogP contribution in [0.4, 0.5) is 0 Å². The smallest absolute Gasteiger partial charge is 0.201 e. The molecule has 5 heteroatoms. The first-order valence-electron chi connectivity index (χ1n) is 6.34. The molecule has 3 nitrogen and oxygen atoms in total. The average molecular weight is 317 g/mol. The molecule has 0 bridgehead atoms. The van der Waals surface area contributed by atoms with Crippen molar-refractivity contribution in [1.82, 2.24) is 0 Å². The monoisotopic (exact) mass is 316 g/mol. The van der Waals surface area contributed by atoms with E-state index in [9.17, 15) is 15.0 Å². The summed E-state index contributed by atoms with van der Waals surface area (Å²) in [4.78, 5) is 13.6. The lowest BCUT2D eigenvalue weighted by Gasteiger charge is -2.18. The molecule has 0 amide bonds. The molecule has 0 saturated carbocycles. The Kier molecular flexibility index (Phi) is 2.55. The van der Waals surface area contributed by atoms with Crippen LogP contribution in [0, 0.1) is 0 Å². The quantitative estimate of drug-likeness (QED) is 0.516. The van der Waals surface area contributed by atoms with Crippen LogP contribution in [0.3, 0.4) is 0 Å². The molecule has 0 aliphatic heterocycles. The molecule has 0 radical (unpaired) electrons. The lowest BCUT2D eigenvalue weighted by Crippen LogP contribution is -2.09. The molecule has 4 rings (SSSR count). The number of halogens is 1. The fraction of sp³-hybridized carbons (Fsp3) is 0.0625. The Morgan fingerprint density at radius 2 is 1.76 bits per heavy atom. The Bertz CT molecular complexity index is 927.